The standard InChI is InChI=1S/C12H21N/c13-8-9-5-11(10-1-2-10)7-12(6-9)3-4-12/h9-11H,1-8,13H2. The lowest BCUT2D eigenvalue weighted by Gasteiger charge is -2.35. The first kappa shape index (κ1) is 8.28. The quantitative estimate of drug-likeness (QED) is 0.692. The molecule has 1 heteroatoms. The van der Waals surface area contributed by atoms with E-state index in [1.807, 2.05) is 0 Å². The average molecular weight is 179 g/mol. The fraction of sp³-hybridized carbons (Fsp3) is 1.00. The minimum atomic E-state index is 0.815. The number of hydrogen-bond donors (Lipinski definition) is 1. The zero-order valence-corrected chi connectivity index (χ0v) is 8.47. The van der Waals surface area contributed by atoms with Gasteiger partial charge in [0.15, 0.2) is 0 Å². The summed E-state index contributed by atoms with van der Waals surface area (Å²) in [5.41, 5.74) is 6.65. The average Bonchev–Trinajstić information content (AvgIpc) is 2.99. The first-order chi connectivity index (χ1) is 6.31. The van der Waals surface area contributed by atoms with Crippen molar-refractivity contribution >= 4 is 0 Å². The lowest BCUT2D eigenvalue weighted by Crippen LogP contribution is -2.29. The van der Waals surface area contributed by atoms with Gasteiger partial charge in [-0.1, -0.05) is 0 Å². The smallest absolute Gasteiger partial charge is 0.00486 e. The van der Waals surface area contributed by atoms with E-state index in [1.54, 1.807) is 6.42 Å². The summed E-state index contributed by atoms with van der Waals surface area (Å²) >= 11 is 0. The Labute approximate surface area is 81.1 Å². The Kier molecular flexibility index (Phi) is 1.74. The molecular weight excluding hydrogens is 158 g/mol. The molecule has 13 heavy (non-hydrogen) atoms. The van der Waals surface area contributed by atoms with E-state index >= 15 is 0 Å². The molecule has 3 aliphatic carbocycles. The van der Waals surface area contributed by atoms with Gasteiger partial charge in [-0.15, -0.1) is 0 Å². The molecule has 0 bridgehead atoms. The van der Waals surface area contributed by atoms with E-state index in [1.165, 1.54) is 38.5 Å². The van der Waals surface area contributed by atoms with Crippen LogP contribution in [0.3, 0.4) is 0 Å². The van der Waals surface area contributed by atoms with E-state index < -0.39 is 0 Å². The summed E-state index contributed by atoms with van der Waals surface area (Å²) in [7, 11) is 0. The van der Waals surface area contributed by atoms with Gasteiger partial charge in [0.2, 0.25) is 0 Å². The van der Waals surface area contributed by atoms with E-state index in [0.717, 1.165) is 29.7 Å². The molecule has 0 amide bonds. The van der Waals surface area contributed by atoms with Crippen LogP contribution in [-0.4, -0.2) is 6.54 Å². The van der Waals surface area contributed by atoms with Crippen molar-refractivity contribution in [3.05, 3.63) is 0 Å². The second-order valence-corrected chi connectivity index (χ2v) is 5.84. The Balaban J connectivity index is 1.69. The second-order valence-electron chi connectivity index (χ2n) is 5.84. The van der Waals surface area contributed by atoms with Crippen molar-refractivity contribution in [3.8, 4) is 0 Å². The van der Waals surface area contributed by atoms with E-state index in [9.17, 15) is 0 Å². The molecule has 3 fully saturated rings. The molecule has 0 aromatic heterocycles. The van der Waals surface area contributed by atoms with Gasteiger partial charge in [0.1, 0.15) is 0 Å². The van der Waals surface area contributed by atoms with Gasteiger partial charge < -0.3 is 5.73 Å². The molecule has 0 aromatic carbocycles. The maximum absolute atomic E-state index is 5.83. The van der Waals surface area contributed by atoms with Crippen molar-refractivity contribution in [2.24, 2.45) is 28.9 Å². The number of rotatable bonds is 2. The van der Waals surface area contributed by atoms with Crippen LogP contribution in [0.1, 0.15) is 44.9 Å². The molecule has 1 spiro atoms. The Bertz CT molecular complexity index is 203. The third-order valence-electron chi connectivity index (χ3n) is 4.63. The highest BCUT2D eigenvalue weighted by atomic mass is 14.6. The summed E-state index contributed by atoms with van der Waals surface area (Å²) in [4.78, 5) is 0. The molecule has 3 rings (SSSR count). The van der Waals surface area contributed by atoms with Crippen LogP contribution in [0.4, 0.5) is 0 Å². The van der Waals surface area contributed by atoms with Crippen LogP contribution in [-0.2, 0) is 0 Å². The van der Waals surface area contributed by atoms with Crippen molar-refractivity contribution < 1.29 is 0 Å². The van der Waals surface area contributed by atoms with Gasteiger partial charge in [0.05, 0.1) is 0 Å². The molecular formula is C12H21N. The predicted octanol–water partition coefficient (Wildman–Crippen LogP) is 2.55. The second kappa shape index (κ2) is 2.73. The SMILES string of the molecule is NCC1CC(C2CC2)CC2(CC2)C1. The third-order valence-corrected chi connectivity index (χ3v) is 4.63. The molecule has 0 aromatic rings. The largest absolute Gasteiger partial charge is 0.330 e. The van der Waals surface area contributed by atoms with Gasteiger partial charge in [0.25, 0.3) is 0 Å². The Morgan fingerprint density at radius 1 is 1.08 bits per heavy atom. The molecule has 2 N–H and O–H groups in total. The minimum absolute atomic E-state index is 0.815. The molecule has 0 radical (unpaired) electrons. The van der Waals surface area contributed by atoms with Crippen molar-refractivity contribution in [1.82, 2.24) is 0 Å². The summed E-state index contributed by atoms with van der Waals surface area (Å²) in [6, 6.07) is 0. The lowest BCUT2D eigenvalue weighted by atomic mass is 9.71. The highest BCUT2D eigenvalue weighted by molar-refractivity contribution is 5.02. The normalized spacial score (nSPS) is 42.2. The monoisotopic (exact) mass is 179 g/mol. The summed E-state index contributed by atoms with van der Waals surface area (Å²) in [5.74, 6) is 3.07. The van der Waals surface area contributed by atoms with E-state index in [-0.39, 0.29) is 0 Å². The fourth-order valence-corrected chi connectivity index (χ4v) is 3.54. The summed E-state index contributed by atoms with van der Waals surface area (Å²) in [6.07, 6.45) is 10.6. The van der Waals surface area contributed by atoms with Crippen LogP contribution >= 0.6 is 0 Å². The molecule has 1 nitrogen and oxygen atoms in total. The Hall–Kier alpha value is -0.0400. The fourth-order valence-electron chi connectivity index (χ4n) is 3.54. The lowest BCUT2D eigenvalue weighted by molar-refractivity contribution is 0.165. The topological polar surface area (TPSA) is 26.0 Å². The van der Waals surface area contributed by atoms with Gasteiger partial charge in [-0.05, 0) is 74.7 Å². The maximum atomic E-state index is 5.83. The predicted molar refractivity (Wildman–Crippen MR) is 54.3 cm³/mol. The summed E-state index contributed by atoms with van der Waals surface area (Å²) < 4.78 is 0. The van der Waals surface area contributed by atoms with Crippen LogP contribution in [0.2, 0.25) is 0 Å². The summed E-state index contributed by atoms with van der Waals surface area (Å²) in [5, 5.41) is 0. The third kappa shape index (κ3) is 1.52. The van der Waals surface area contributed by atoms with Crippen molar-refractivity contribution in [2.75, 3.05) is 6.54 Å². The molecule has 0 saturated heterocycles. The van der Waals surface area contributed by atoms with Crippen molar-refractivity contribution in [1.29, 1.82) is 0 Å². The van der Waals surface area contributed by atoms with Crippen LogP contribution in [0, 0.1) is 23.2 Å². The summed E-state index contributed by atoms with van der Waals surface area (Å²) in [6.45, 7) is 0.949. The van der Waals surface area contributed by atoms with Gasteiger partial charge >= 0.3 is 0 Å². The van der Waals surface area contributed by atoms with Crippen LogP contribution in [0.15, 0.2) is 0 Å². The first-order valence-electron chi connectivity index (χ1n) is 6.01. The zero-order valence-electron chi connectivity index (χ0n) is 8.47. The van der Waals surface area contributed by atoms with Gasteiger partial charge in [-0.3, -0.25) is 0 Å². The maximum Gasteiger partial charge on any atom is -0.00486 e. The van der Waals surface area contributed by atoms with Crippen LogP contribution in [0.5, 0.6) is 0 Å². The molecule has 0 aliphatic heterocycles. The molecule has 2 unspecified atom stereocenters. The zero-order chi connectivity index (χ0) is 8.89. The first-order valence-corrected chi connectivity index (χ1v) is 6.01. The van der Waals surface area contributed by atoms with Crippen LogP contribution < -0.4 is 5.73 Å². The molecule has 74 valence electrons. The Morgan fingerprint density at radius 2 is 1.85 bits per heavy atom. The van der Waals surface area contributed by atoms with Gasteiger partial charge in [0, 0.05) is 0 Å². The number of hydrogen-bond acceptors (Lipinski definition) is 1. The molecule has 3 saturated carbocycles. The highest BCUT2D eigenvalue weighted by Gasteiger charge is 2.50. The van der Waals surface area contributed by atoms with Crippen molar-refractivity contribution in [2.45, 2.75) is 44.9 Å². The van der Waals surface area contributed by atoms with Crippen LogP contribution in [0.25, 0.3) is 0 Å². The van der Waals surface area contributed by atoms with E-state index in [4.69, 9.17) is 5.73 Å². The number of nitrogens with two attached hydrogens (primary N) is 1. The highest BCUT2D eigenvalue weighted by Crippen LogP contribution is 2.62. The molecule has 2 atom stereocenters. The Morgan fingerprint density at radius 3 is 2.38 bits per heavy atom. The molecule has 3 aliphatic rings. The minimum Gasteiger partial charge on any atom is -0.330 e. The van der Waals surface area contributed by atoms with Gasteiger partial charge in [-0.2, -0.15) is 0 Å². The van der Waals surface area contributed by atoms with E-state index in [0.29, 0.717) is 0 Å². The van der Waals surface area contributed by atoms with E-state index in [2.05, 4.69) is 0 Å². The van der Waals surface area contributed by atoms with Crippen molar-refractivity contribution in [3.63, 3.8) is 0 Å². The van der Waals surface area contributed by atoms with Gasteiger partial charge in [-0.25, -0.2) is 0 Å². The molecule has 0 heterocycles.